The SMILES string of the molecule is Cc1ccc(NC(=O)NCc2ccc(C(=O)O)cc2)cc1. The summed E-state index contributed by atoms with van der Waals surface area (Å²) in [7, 11) is 0. The van der Waals surface area contributed by atoms with E-state index in [-0.39, 0.29) is 11.6 Å². The number of benzene rings is 2. The number of rotatable bonds is 4. The third-order valence-electron chi connectivity index (χ3n) is 2.96. The number of aryl methyl sites for hydroxylation is 1. The lowest BCUT2D eigenvalue weighted by Gasteiger charge is -2.08. The van der Waals surface area contributed by atoms with Gasteiger partial charge in [0.25, 0.3) is 0 Å². The highest BCUT2D eigenvalue weighted by molar-refractivity contribution is 5.89. The summed E-state index contributed by atoms with van der Waals surface area (Å²) < 4.78 is 0. The lowest BCUT2D eigenvalue weighted by molar-refractivity contribution is 0.0697. The Labute approximate surface area is 122 Å². The molecule has 0 aliphatic carbocycles. The first kappa shape index (κ1) is 14.6. The molecule has 0 fully saturated rings. The molecule has 0 aromatic heterocycles. The van der Waals surface area contributed by atoms with Gasteiger partial charge in [0.05, 0.1) is 5.56 Å². The molecule has 0 aliphatic heterocycles. The Kier molecular flexibility index (Phi) is 4.56. The molecule has 2 amide bonds. The molecule has 0 unspecified atom stereocenters. The van der Waals surface area contributed by atoms with Gasteiger partial charge in [-0.15, -0.1) is 0 Å². The van der Waals surface area contributed by atoms with E-state index in [1.54, 1.807) is 12.1 Å². The molecular weight excluding hydrogens is 268 g/mol. The second kappa shape index (κ2) is 6.56. The number of anilines is 1. The maximum atomic E-state index is 11.7. The zero-order valence-corrected chi connectivity index (χ0v) is 11.6. The molecule has 0 aliphatic rings. The number of carboxylic acid groups (broad SMARTS) is 1. The molecule has 108 valence electrons. The monoisotopic (exact) mass is 284 g/mol. The first-order valence-electron chi connectivity index (χ1n) is 6.48. The van der Waals surface area contributed by atoms with E-state index in [2.05, 4.69) is 10.6 Å². The van der Waals surface area contributed by atoms with Crippen LogP contribution in [0.25, 0.3) is 0 Å². The summed E-state index contributed by atoms with van der Waals surface area (Å²) in [4.78, 5) is 22.5. The van der Waals surface area contributed by atoms with Gasteiger partial charge in [-0.2, -0.15) is 0 Å². The van der Waals surface area contributed by atoms with Gasteiger partial charge in [-0.3, -0.25) is 0 Å². The van der Waals surface area contributed by atoms with Gasteiger partial charge in [-0.25, -0.2) is 9.59 Å². The fourth-order valence-corrected chi connectivity index (χ4v) is 1.76. The van der Waals surface area contributed by atoms with Gasteiger partial charge in [0.1, 0.15) is 0 Å². The summed E-state index contributed by atoms with van der Waals surface area (Å²) in [6, 6.07) is 13.6. The summed E-state index contributed by atoms with van der Waals surface area (Å²) in [5.74, 6) is -0.966. The maximum Gasteiger partial charge on any atom is 0.335 e. The quantitative estimate of drug-likeness (QED) is 0.807. The largest absolute Gasteiger partial charge is 0.478 e. The molecule has 0 heterocycles. The summed E-state index contributed by atoms with van der Waals surface area (Å²) in [5, 5.41) is 14.2. The second-order valence-corrected chi connectivity index (χ2v) is 4.68. The van der Waals surface area contributed by atoms with Crippen molar-refractivity contribution >= 4 is 17.7 Å². The highest BCUT2D eigenvalue weighted by atomic mass is 16.4. The van der Waals surface area contributed by atoms with E-state index >= 15 is 0 Å². The molecule has 21 heavy (non-hydrogen) atoms. The Bertz CT molecular complexity index is 634. The van der Waals surface area contributed by atoms with E-state index in [0.717, 1.165) is 16.8 Å². The zero-order valence-electron chi connectivity index (χ0n) is 11.6. The minimum atomic E-state index is -0.966. The molecule has 3 N–H and O–H groups in total. The van der Waals surface area contributed by atoms with Crippen LogP contribution in [0.3, 0.4) is 0 Å². The Hall–Kier alpha value is -2.82. The van der Waals surface area contributed by atoms with Crippen LogP contribution >= 0.6 is 0 Å². The van der Waals surface area contributed by atoms with Crippen molar-refractivity contribution < 1.29 is 14.7 Å². The molecule has 0 radical (unpaired) electrons. The van der Waals surface area contributed by atoms with Gasteiger partial charge in [0.15, 0.2) is 0 Å². The average Bonchev–Trinajstić information content (AvgIpc) is 2.48. The van der Waals surface area contributed by atoms with Crippen LogP contribution in [0.1, 0.15) is 21.5 Å². The molecule has 2 aromatic rings. The Morgan fingerprint density at radius 1 is 1.00 bits per heavy atom. The smallest absolute Gasteiger partial charge is 0.335 e. The van der Waals surface area contributed by atoms with E-state index in [4.69, 9.17) is 5.11 Å². The minimum Gasteiger partial charge on any atom is -0.478 e. The molecule has 5 nitrogen and oxygen atoms in total. The van der Waals surface area contributed by atoms with Gasteiger partial charge in [-0.05, 0) is 36.8 Å². The predicted molar refractivity (Wildman–Crippen MR) is 80.4 cm³/mol. The minimum absolute atomic E-state index is 0.225. The molecule has 0 atom stereocenters. The Morgan fingerprint density at radius 3 is 2.19 bits per heavy atom. The van der Waals surface area contributed by atoms with Crippen LogP contribution in [0.4, 0.5) is 10.5 Å². The molecule has 0 spiro atoms. The van der Waals surface area contributed by atoms with Crippen LogP contribution < -0.4 is 10.6 Å². The molecule has 0 saturated heterocycles. The zero-order chi connectivity index (χ0) is 15.2. The number of aromatic carboxylic acids is 1. The second-order valence-electron chi connectivity index (χ2n) is 4.68. The van der Waals surface area contributed by atoms with Crippen molar-refractivity contribution in [3.8, 4) is 0 Å². The van der Waals surface area contributed by atoms with Crippen LogP contribution in [-0.2, 0) is 6.54 Å². The van der Waals surface area contributed by atoms with E-state index in [9.17, 15) is 9.59 Å². The molecule has 2 aromatic carbocycles. The average molecular weight is 284 g/mol. The fraction of sp³-hybridized carbons (Fsp3) is 0.125. The Morgan fingerprint density at radius 2 is 1.62 bits per heavy atom. The van der Waals surface area contributed by atoms with E-state index in [1.165, 1.54) is 12.1 Å². The van der Waals surface area contributed by atoms with E-state index in [1.807, 2.05) is 31.2 Å². The number of hydrogen-bond donors (Lipinski definition) is 3. The van der Waals surface area contributed by atoms with Crippen molar-refractivity contribution in [2.24, 2.45) is 0 Å². The molecule has 5 heteroatoms. The number of carbonyl (C=O) groups is 2. The topological polar surface area (TPSA) is 78.4 Å². The van der Waals surface area contributed by atoms with Gasteiger partial charge < -0.3 is 15.7 Å². The van der Waals surface area contributed by atoms with Crippen molar-refractivity contribution in [2.45, 2.75) is 13.5 Å². The number of amides is 2. The lowest BCUT2D eigenvalue weighted by atomic mass is 10.1. The van der Waals surface area contributed by atoms with Crippen molar-refractivity contribution in [1.82, 2.24) is 5.32 Å². The predicted octanol–water partition coefficient (Wildman–Crippen LogP) is 3.01. The summed E-state index contributed by atoms with van der Waals surface area (Å²) >= 11 is 0. The first-order chi connectivity index (χ1) is 10.0. The standard InChI is InChI=1S/C16H16N2O3/c1-11-2-8-14(9-3-11)18-16(21)17-10-12-4-6-13(7-5-12)15(19)20/h2-9H,10H2,1H3,(H,19,20)(H2,17,18,21). The summed E-state index contributed by atoms with van der Waals surface area (Å²) in [5.41, 5.74) is 2.90. The van der Waals surface area contributed by atoms with E-state index in [0.29, 0.717) is 6.54 Å². The van der Waals surface area contributed by atoms with E-state index < -0.39 is 5.97 Å². The Balaban J connectivity index is 1.86. The van der Waals surface area contributed by atoms with Crippen molar-refractivity contribution in [3.05, 3.63) is 65.2 Å². The summed E-state index contributed by atoms with van der Waals surface area (Å²) in [6.45, 7) is 2.31. The van der Waals surface area contributed by atoms with Crippen LogP contribution in [0.2, 0.25) is 0 Å². The van der Waals surface area contributed by atoms with Gasteiger partial charge in [-0.1, -0.05) is 29.8 Å². The van der Waals surface area contributed by atoms with Gasteiger partial charge >= 0.3 is 12.0 Å². The van der Waals surface area contributed by atoms with Crippen LogP contribution in [-0.4, -0.2) is 17.1 Å². The molecule has 0 bridgehead atoms. The number of hydrogen-bond acceptors (Lipinski definition) is 2. The number of carboxylic acids is 1. The van der Waals surface area contributed by atoms with Crippen LogP contribution in [0.5, 0.6) is 0 Å². The fourth-order valence-electron chi connectivity index (χ4n) is 1.76. The number of carbonyl (C=O) groups excluding carboxylic acids is 1. The summed E-state index contributed by atoms with van der Waals surface area (Å²) in [6.07, 6.45) is 0. The first-order valence-corrected chi connectivity index (χ1v) is 6.48. The molecule has 0 saturated carbocycles. The number of urea groups is 1. The van der Waals surface area contributed by atoms with Crippen molar-refractivity contribution in [2.75, 3.05) is 5.32 Å². The number of nitrogens with one attached hydrogen (secondary N) is 2. The van der Waals surface area contributed by atoms with Gasteiger partial charge in [0.2, 0.25) is 0 Å². The molecule has 2 rings (SSSR count). The highest BCUT2D eigenvalue weighted by Crippen LogP contribution is 2.08. The maximum absolute atomic E-state index is 11.7. The highest BCUT2D eigenvalue weighted by Gasteiger charge is 2.04. The van der Waals surface area contributed by atoms with Crippen LogP contribution in [0.15, 0.2) is 48.5 Å². The van der Waals surface area contributed by atoms with Crippen molar-refractivity contribution in [3.63, 3.8) is 0 Å². The molecular formula is C16H16N2O3. The normalized spacial score (nSPS) is 9.95. The van der Waals surface area contributed by atoms with Crippen LogP contribution in [0, 0.1) is 6.92 Å². The third-order valence-corrected chi connectivity index (χ3v) is 2.96. The lowest BCUT2D eigenvalue weighted by Crippen LogP contribution is -2.28. The van der Waals surface area contributed by atoms with Crippen molar-refractivity contribution in [1.29, 1.82) is 0 Å². The third kappa shape index (κ3) is 4.35. The van der Waals surface area contributed by atoms with Gasteiger partial charge in [0, 0.05) is 12.2 Å².